The van der Waals surface area contributed by atoms with Gasteiger partial charge in [-0.25, -0.2) is 0 Å². The SMILES string of the molecule is O=C(c1ccc(NC2CC2)c([N+](=O)[O-])c1)N1CCN(Cc2cccnc2)CC1. The van der Waals surface area contributed by atoms with Gasteiger partial charge < -0.3 is 10.2 Å². The Labute approximate surface area is 163 Å². The van der Waals surface area contributed by atoms with Crippen molar-refractivity contribution in [3.05, 3.63) is 64.0 Å². The highest BCUT2D eigenvalue weighted by atomic mass is 16.6. The van der Waals surface area contributed by atoms with Crippen LogP contribution < -0.4 is 5.32 Å². The predicted octanol–water partition coefficient (Wildman–Crippen LogP) is 2.52. The second kappa shape index (κ2) is 7.93. The number of anilines is 1. The summed E-state index contributed by atoms with van der Waals surface area (Å²) in [6.45, 7) is 3.56. The Morgan fingerprint density at radius 2 is 2.00 bits per heavy atom. The third kappa shape index (κ3) is 4.28. The number of nitrogens with one attached hydrogen (secondary N) is 1. The van der Waals surface area contributed by atoms with Gasteiger partial charge in [-0.3, -0.25) is 24.8 Å². The zero-order valence-electron chi connectivity index (χ0n) is 15.6. The molecular formula is C20H23N5O3. The van der Waals surface area contributed by atoms with E-state index in [0.717, 1.165) is 38.0 Å². The van der Waals surface area contributed by atoms with Crippen molar-refractivity contribution >= 4 is 17.3 Å². The highest BCUT2D eigenvalue weighted by molar-refractivity contribution is 5.95. The van der Waals surface area contributed by atoms with Crippen LogP contribution in [0.1, 0.15) is 28.8 Å². The fourth-order valence-electron chi connectivity index (χ4n) is 3.43. The van der Waals surface area contributed by atoms with Crippen LogP contribution in [0, 0.1) is 10.1 Å². The van der Waals surface area contributed by atoms with Crippen LogP contribution >= 0.6 is 0 Å². The number of nitro benzene ring substituents is 1. The summed E-state index contributed by atoms with van der Waals surface area (Å²) in [5, 5.41) is 14.6. The third-order valence-corrected chi connectivity index (χ3v) is 5.17. The van der Waals surface area contributed by atoms with E-state index < -0.39 is 4.92 Å². The normalized spacial score (nSPS) is 17.4. The first kappa shape index (κ1) is 18.4. The number of rotatable bonds is 6. The van der Waals surface area contributed by atoms with Gasteiger partial charge in [0.15, 0.2) is 0 Å². The minimum Gasteiger partial charge on any atom is -0.377 e. The van der Waals surface area contributed by atoms with E-state index in [2.05, 4.69) is 15.2 Å². The summed E-state index contributed by atoms with van der Waals surface area (Å²) in [5.41, 5.74) is 1.98. The number of nitrogens with zero attached hydrogens (tertiary/aromatic N) is 4. The molecule has 1 saturated heterocycles. The maximum atomic E-state index is 12.8. The molecule has 1 N–H and O–H groups in total. The molecule has 0 unspecified atom stereocenters. The molecular weight excluding hydrogens is 358 g/mol. The summed E-state index contributed by atoms with van der Waals surface area (Å²) in [7, 11) is 0. The predicted molar refractivity (Wildman–Crippen MR) is 105 cm³/mol. The molecule has 4 rings (SSSR count). The van der Waals surface area contributed by atoms with Gasteiger partial charge in [-0.15, -0.1) is 0 Å². The number of hydrogen-bond donors (Lipinski definition) is 1. The number of nitro groups is 1. The topological polar surface area (TPSA) is 91.6 Å². The van der Waals surface area contributed by atoms with Gasteiger partial charge in [0, 0.05) is 62.8 Å². The smallest absolute Gasteiger partial charge is 0.293 e. The lowest BCUT2D eigenvalue weighted by molar-refractivity contribution is -0.384. The molecule has 8 nitrogen and oxygen atoms in total. The summed E-state index contributed by atoms with van der Waals surface area (Å²) in [5.74, 6) is -0.151. The summed E-state index contributed by atoms with van der Waals surface area (Å²) in [6.07, 6.45) is 5.67. The van der Waals surface area contributed by atoms with Crippen LogP contribution in [0.15, 0.2) is 42.7 Å². The van der Waals surface area contributed by atoms with E-state index in [0.29, 0.717) is 30.4 Å². The molecule has 0 atom stereocenters. The van der Waals surface area contributed by atoms with Crippen molar-refractivity contribution in [1.82, 2.24) is 14.8 Å². The van der Waals surface area contributed by atoms with E-state index in [1.165, 1.54) is 6.07 Å². The van der Waals surface area contributed by atoms with Crippen molar-refractivity contribution in [2.24, 2.45) is 0 Å². The highest BCUT2D eigenvalue weighted by Gasteiger charge is 2.27. The number of hydrogen-bond acceptors (Lipinski definition) is 6. The molecule has 1 aromatic heterocycles. The van der Waals surface area contributed by atoms with Crippen molar-refractivity contribution in [2.75, 3.05) is 31.5 Å². The number of benzene rings is 1. The van der Waals surface area contributed by atoms with Gasteiger partial charge in [-0.1, -0.05) is 6.07 Å². The van der Waals surface area contributed by atoms with E-state index in [1.807, 2.05) is 18.3 Å². The van der Waals surface area contributed by atoms with Gasteiger partial charge in [-0.05, 0) is 36.6 Å². The molecule has 1 aliphatic heterocycles. The molecule has 1 amide bonds. The van der Waals surface area contributed by atoms with Crippen molar-refractivity contribution in [1.29, 1.82) is 0 Å². The first-order chi connectivity index (χ1) is 13.6. The fourth-order valence-corrected chi connectivity index (χ4v) is 3.43. The van der Waals surface area contributed by atoms with Gasteiger partial charge in [0.05, 0.1) is 4.92 Å². The van der Waals surface area contributed by atoms with Crippen molar-refractivity contribution < 1.29 is 9.72 Å². The van der Waals surface area contributed by atoms with Crippen molar-refractivity contribution in [2.45, 2.75) is 25.4 Å². The molecule has 2 aromatic rings. The largest absolute Gasteiger partial charge is 0.377 e. The van der Waals surface area contributed by atoms with E-state index in [4.69, 9.17) is 0 Å². The Kier molecular flexibility index (Phi) is 5.21. The lowest BCUT2D eigenvalue weighted by Gasteiger charge is -2.34. The third-order valence-electron chi connectivity index (χ3n) is 5.17. The average Bonchev–Trinajstić information content (AvgIpc) is 3.53. The van der Waals surface area contributed by atoms with Gasteiger partial charge in [0.25, 0.3) is 11.6 Å². The van der Waals surface area contributed by atoms with E-state index >= 15 is 0 Å². The standard InChI is InChI=1S/C20H23N5O3/c26-20(16-3-6-18(22-17-4-5-17)19(12-16)25(27)28)24-10-8-23(9-11-24)14-15-2-1-7-21-13-15/h1-3,6-7,12-13,17,22H,4-5,8-11,14H2. The van der Waals surface area contributed by atoms with Gasteiger partial charge in [-0.2, -0.15) is 0 Å². The monoisotopic (exact) mass is 381 g/mol. The number of carbonyl (C=O) groups is 1. The molecule has 2 heterocycles. The van der Waals surface area contributed by atoms with Crippen molar-refractivity contribution in [3.63, 3.8) is 0 Å². The van der Waals surface area contributed by atoms with Crippen LogP contribution in [-0.2, 0) is 6.54 Å². The summed E-state index contributed by atoms with van der Waals surface area (Å²) < 4.78 is 0. The number of carbonyl (C=O) groups excluding carboxylic acids is 1. The zero-order chi connectivity index (χ0) is 19.5. The maximum absolute atomic E-state index is 12.8. The quantitative estimate of drug-likeness (QED) is 0.611. The molecule has 0 radical (unpaired) electrons. The first-order valence-electron chi connectivity index (χ1n) is 9.55. The van der Waals surface area contributed by atoms with Gasteiger partial charge >= 0.3 is 0 Å². The number of aromatic nitrogens is 1. The molecule has 8 heteroatoms. The maximum Gasteiger partial charge on any atom is 0.293 e. The minimum absolute atomic E-state index is 0.0343. The van der Waals surface area contributed by atoms with Crippen LogP contribution in [0.4, 0.5) is 11.4 Å². The number of amides is 1. The van der Waals surface area contributed by atoms with Crippen molar-refractivity contribution in [3.8, 4) is 0 Å². The molecule has 1 saturated carbocycles. The summed E-state index contributed by atoms with van der Waals surface area (Å²) in [4.78, 5) is 32.0. The van der Waals surface area contributed by atoms with Gasteiger partial charge in [0.1, 0.15) is 5.69 Å². The van der Waals surface area contributed by atoms with Crippen LogP contribution in [0.2, 0.25) is 0 Å². The summed E-state index contributed by atoms with van der Waals surface area (Å²) in [6, 6.07) is 9.01. The van der Waals surface area contributed by atoms with E-state index in [9.17, 15) is 14.9 Å². The molecule has 28 heavy (non-hydrogen) atoms. The Bertz CT molecular complexity index is 861. The van der Waals surface area contributed by atoms with Crippen LogP contribution in [0.25, 0.3) is 0 Å². The Morgan fingerprint density at radius 1 is 1.21 bits per heavy atom. The van der Waals surface area contributed by atoms with Gasteiger partial charge in [0.2, 0.25) is 0 Å². The lowest BCUT2D eigenvalue weighted by atomic mass is 10.1. The average molecular weight is 381 g/mol. The van der Waals surface area contributed by atoms with Crippen LogP contribution in [-0.4, -0.2) is 57.8 Å². The molecule has 1 aromatic carbocycles. The zero-order valence-corrected chi connectivity index (χ0v) is 15.6. The van der Waals surface area contributed by atoms with E-state index in [-0.39, 0.29) is 11.6 Å². The second-order valence-electron chi connectivity index (χ2n) is 7.34. The fraction of sp³-hybridized carbons (Fsp3) is 0.400. The Morgan fingerprint density at radius 3 is 2.64 bits per heavy atom. The molecule has 2 aliphatic rings. The Hall–Kier alpha value is -3.00. The molecule has 2 fully saturated rings. The molecule has 1 aliphatic carbocycles. The molecule has 0 bridgehead atoms. The highest BCUT2D eigenvalue weighted by Crippen LogP contribution is 2.31. The number of piperazine rings is 1. The molecule has 0 spiro atoms. The Balaban J connectivity index is 1.39. The molecule has 146 valence electrons. The number of pyridine rings is 1. The summed E-state index contributed by atoms with van der Waals surface area (Å²) >= 11 is 0. The first-order valence-corrected chi connectivity index (χ1v) is 9.55. The van der Waals surface area contributed by atoms with Crippen LogP contribution in [0.5, 0.6) is 0 Å². The van der Waals surface area contributed by atoms with Crippen LogP contribution in [0.3, 0.4) is 0 Å². The van der Waals surface area contributed by atoms with E-state index in [1.54, 1.807) is 23.2 Å². The second-order valence-corrected chi connectivity index (χ2v) is 7.34. The lowest BCUT2D eigenvalue weighted by Crippen LogP contribution is -2.48. The minimum atomic E-state index is -0.423.